The lowest BCUT2D eigenvalue weighted by Gasteiger charge is -2.30. The number of benzene rings is 2. The number of carbonyl (C=O) groups excluding carboxylic acids is 2. The molecule has 0 bridgehead atoms. The summed E-state index contributed by atoms with van der Waals surface area (Å²) in [4.78, 5) is 41.9. The van der Waals surface area contributed by atoms with Crippen LogP contribution in [0.25, 0.3) is 10.9 Å². The first-order valence-corrected chi connectivity index (χ1v) is 9.65. The van der Waals surface area contributed by atoms with Gasteiger partial charge >= 0.3 is 0 Å². The number of piperidine rings is 1. The number of pyridine rings is 1. The largest absolute Gasteiger partial charge is 0.370 e. The van der Waals surface area contributed by atoms with Crippen molar-refractivity contribution in [2.24, 2.45) is 5.73 Å². The minimum Gasteiger partial charge on any atom is -0.370 e. The molecule has 0 unspecified atom stereocenters. The molecule has 1 aliphatic heterocycles. The summed E-state index contributed by atoms with van der Waals surface area (Å²) >= 11 is 0. The smallest absolute Gasteiger partial charge is 0.261 e. The fraction of sp³-hybridized carbons (Fsp3) is 0.227. The van der Waals surface area contributed by atoms with Gasteiger partial charge in [0.25, 0.3) is 11.5 Å². The second-order valence-corrected chi connectivity index (χ2v) is 7.20. The number of para-hydroxylation sites is 1. The highest BCUT2D eigenvalue weighted by Gasteiger charge is 2.19. The number of H-pyrrole nitrogens is 1. The molecule has 148 valence electrons. The number of nitrogens with one attached hydrogen (secondary N) is 2. The fourth-order valence-corrected chi connectivity index (χ4v) is 3.71. The Balaban J connectivity index is 1.71. The minimum atomic E-state index is -0.575. The van der Waals surface area contributed by atoms with Gasteiger partial charge in [0.1, 0.15) is 5.56 Å². The summed E-state index contributed by atoms with van der Waals surface area (Å²) in [7, 11) is 0. The van der Waals surface area contributed by atoms with Crippen molar-refractivity contribution in [3.05, 3.63) is 70.0 Å². The average Bonchev–Trinajstić information content (AvgIpc) is 2.73. The number of hydrogen-bond donors (Lipinski definition) is 3. The molecule has 0 aliphatic carbocycles. The summed E-state index contributed by atoms with van der Waals surface area (Å²) in [6, 6.07) is 13.9. The van der Waals surface area contributed by atoms with Crippen LogP contribution in [0.4, 0.5) is 11.4 Å². The van der Waals surface area contributed by atoms with Crippen LogP contribution in [0, 0.1) is 0 Å². The Morgan fingerprint density at radius 1 is 1.00 bits per heavy atom. The Morgan fingerprint density at radius 3 is 2.52 bits per heavy atom. The second kappa shape index (κ2) is 7.79. The van der Waals surface area contributed by atoms with Gasteiger partial charge in [0, 0.05) is 24.2 Å². The number of rotatable bonds is 4. The number of fused-ring (bicyclic) bond motifs is 1. The highest BCUT2D eigenvalue weighted by Crippen LogP contribution is 2.30. The van der Waals surface area contributed by atoms with Crippen LogP contribution in [0.1, 0.15) is 40.0 Å². The van der Waals surface area contributed by atoms with Crippen molar-refractivity contribution in [2.75, 3.05) is 23.3 Å². The molecule has 2 aromatic carbocycles. The van der Waals surface area contributed by atoms with E-state index in [2.05, 4.69) is 15.2 Å². The third-order valence-corrected chi connectivity index (χ3v) is 5.22. The van der Waals surface area contributed by atoms with Gasteiger partial charge in [-0.2, -0.15) is 0 Å². The summed E-state index contributed by atoms with van der Waals surface area (Å²) in [5.41, 5.74) is 7.22. The van der Waals surface area contributed by atoms with Crippen molar-refractivity contribution in [1.82, 2.24) is 4.98 Å². The fourth-order valence-electron chi connectivity index (χ4n) is 3.71. The van der Waals surface area contributed by atoms with E-state index in [0.29, 0.717) is 16.8 Å². The molecule has 0 spiro atoms. The van der Waals surface area contributed by atoms with Gasteiger partial charge in [-0.05, 0) is 55.0 Å². The van der Waals surface area contributed by atoms with E-state index in [-0.39, 0.29) is 5.56 Å². The van der Waals surface area contributed by atoms with Crippen LogP contribution in [0.5, 0.6) is 0 Å². The van der Waals surface area contributed by atoms with E-state index in [1.165, 1.54) is 6.42 Å². The monoisotopic (exact) mass is 390 g/mol. The number of aromatic amines is 1. The Bertz CT molecular complexity index is 1150. The zero-order chi connectivity index (χ0) is 20.4. The average molecular weight is 390 g/mol. The first kappa shape index (κ1) is 18.7. The Morgan fingerprint density at radius 2 is 1.76 bits per heavy atom. The lowest BCUT2D eigenvalue weighted by atomic mass is 10.1. The number of primary amides is 1. The molecular weight excluding hydrogens is 368 g/mol. The summed E-state index contributed by atoms with van der Waals surface area (Å²) in [5, 5.41) is 3.58. The lowest BCUT2D eigenvalue weighted by molar-refractivity contribution is 0.0996. The molecule has 1 fully saturated rings. The number of nitrogens with zero attached hydrogens (tertiary/aromatic N) is 1. The minimum absolute atomic E-state index is 0.0118. The molecule has 0 saturated carbocycles. The molecule has 3 aromatic rings. The summed E-state index contributed by atoms with van der Waals surface area (Å²) in [6.45, 7) is 1.74. The van der Waals surface area contributed by atoms with Crippen molar-refractivity contribution in [2.45, 2.75) is 19.3 Å². The van der Waals surface area contributed by atoms with E-state index >= 15 is 0 Å². The van der Waals surface area contributed by atoms with Gasteiger partial charge < -0.3 is 20.9 Å². The number of anilines is 2. The van der Waals surface area contributed by atoms with Gasteiger partial charge in [0.15, 0.2) is 0 Å². The SMILES string of the molecule is NC(=O)c1ccc(N2CCCCC2)c(NC(=O)c2cc3ccccc3[nH]c2=O)c1. The van der Waals surface area contributed by atoms with Crippen molar-refractivity contribution in [3.63, 3.8) is 0 Å². The molecule has 4 N–H and O–H groups in total. The molecule has 7 nitrogen and oxygen atoms in total. The molecule has 1 aromatic heterocycles. The van der Waals surface area contributed by atoms with Gasteiger partial charge in [-0.1, -0.05) is 18.2 Å². The van der Waals surface area contributed by atoms with E-state index in [1.807, 2.05) is 18.2 Å². The molecule has 2 heterocycles. The van der Waals surface area contributed by atoms with Crippen LogP contribution in [-0.4, -0.2) is 29.9 Å². The maximum Gasteiger partial charge on any atom is 0.261 e. The topological polar surface area (TPSA) is 108 Å². The highest BCUT2D eigenvalue weighted by molar-refractivity contribution is 6.08. The molecule has 0 atom stereocenters. The molecule has 4 rings (SSSR count). The molecule has 1 saturated heterocycles. The van der Waals surface area contributed by atoms with Crippen molar-refractivity contribution in [1.29, 1.82) is 0 Å². The number of hydrogen-bond acceptors (Lipinski definition) is 4. The second-order valence-electron chi connectivity index (χ2n) is 7.20. The maximum absolute atomic E-state index is 12.9. The molecule has 0 radical (unpaired) electrons. The van der Waals surface area contributed by atoms with Crippen LogP contribution in [0.3, 0.4) is 0 Å². The quantitative estimate of drug-likeness (QED) is 0.636. The van der Waals surface area contributed by atoms with E-state index in [9.17, 15) is 14.4 Å². The first-order valence-electron chi connectivity index (χ1n) is 9.65. The molecule has 29 heavy (non-hydrogen) atoms. The number of aromatic nitrogens is 1. The standard InChI is InChI=1S/C22H22N4O3/c23-20(27)15-8-9-19(26-10-4-1-5-11-26)18(13-15)25-22(29)16-12-14-6-2-3-7-17(14)24-21(16)28/h2-3,6-9,12-13H,1,4-5,10-11H2,(H2,23,27)(H,24,28)(H,25,29). The number of nitrogens with two attached hydrogens (primary N) is 1. The maximum atomic E-state index is 12.9. The van der Waals surface area contributed by atoms with Crippen LogP contribution in [0.2, 0.25) is 0 Å². The normalized spacial score (nSPS) is 14.0. The van der Waals surface area contributed by atoms with Gasteiger partial charge in [-0.3, -0.25) is 14.4 Å². The zero-order valence-corrected chi connectivity index (χ0v) is 15.9. The van der Waals surface area contributed by atoms with Gasteiger partial charge in [-0.15, -0.1) is 0 Å². The third kappa shape index (κ3) is 3.85. The Hall–Kier alpha value is -3.61. The van der Waals surface area contributed by atoms with E-state index < -0.39 is 17.4 Å². The predicted molar refractivity (Wildman–Crippen MR) is 114 cm³/mol. The van der Waals surface area contributed by atoms with E-state index in [0.717, 1.165) is 37.0 Å². The first-order chi connectivity index (χ1) is 14.0. The van der Waals surface area contributed by atoms with Crippen molar-refractivity contribution < 1.29 is 9.59 Å². The van der Waals surface area contributed by atoms with Crippen LogP contribution in [0.15, 0.2) is 53.3 Å². The molecular formula is C22H22N4O3. The van der Waals surface area contributed by atoms with Gasteiger partial charge in [0.2, 0.25) is 5.91 Å². The van der Waals surface area contributed by atoms with E-state index in [4.69, 9.17) is 5.73 Å². The van der Waals surface area contributed by atoms with Gasteiger partial charge in [-0.25, -0.2) is 0 Å². The summed E-state index contributed by atoms with van der Waals surface area (Å²) in [6.07, 6.45) is 3.30. The van der Waals surface area contributed by atoms with Crippen molar-refractivity contribution >= 4 is 34.1 Å². The summed E-state index contributed by atoms with van der Waals surface area (Å²) < 4.78 is 0. The Labute approximate surface area is 167 Å². The number of carbonyl (C=O) groups is 2. The summed E-state index contributed by atoms with van der Waals surface area (Å²) in [5.74, 6) is -1.11. The van der Waals surface area contributed by atoms with Crippen molar-refractivity contribution in [3.8, 4) is 0 Å². The van der Waals surface area contributed by atoms with Crippen LogP contribution in [-0.2, 0) is 0 Å². The van der Waals surface area contributed by atoms with E-state index in [1.54, 1.807) is 30.3 Å². The predicted octanol–water partition coefficient (Wildman–Crippen LogP) is 2.87. The molecule has 1 aliphatic rings. The number of amides is 2. The molecule has 2 amide bonds. The lowest BCUT2D eigenvalue weighted by Crippen LogP contribution is -2.31. The van der Waals surface area contributed by atoms with Crippen LogP contribution >= 0.6 is 0 Å². The van der Waals surface area contributed by atoms with Crippen LogP contribution < -0.4 is 21.5 Å². The zero-order valence-electron chi connectivity index (χ0n) is 15.9. The molecule has 7 heteroatoms. The Kier molecular flexibility index (Phi) is 5.03. The highest BCUT2D eigenvalue weighted by atomic mass is 16.2. The third-order valence-electron chi connectivity index (χ3n) is 5.22. The van der Waals surface area contributed by atoms with Gasteiger partial charge in [0.05, 0.1) is 11.4 Å².